The van der Waals surface area contributed by atoms with Gasteiger partial charge in [0, 0.05) is 13.5 Å². The van der Waals surface area contributed by atoms with Crippen LogP contribution < -0.4 is 16.0 Å². The fraction of sp³-hybridized carbons (Fsp3) is 0.545. The number of nitrogens with zero attached hydrogens (tertiary/aromatic N) is 2. The predicted octanol–water partition coefficient (Wildman–Crippen LogP) is 1.47. The Balaban J connectivity index is 2.72. The zero-order valence-corrected chi connectivity index (χ0v) is 11.2. The number of pyridine rings is 1. The highest BCUT2D eigenvalue weighted by Crippen LogP contribution is 2.22. The molecule has 8 nitrogen and oxygen atoms in total. The van der Waals surface area contributed by atoms with Gasteiger partial charge in [0.2, 0.25) is 5.88 Å². The van der Waals surface area contributed by atoms with E-state index in [1.165, 1.54) is 12.1 Å². The van der Waals surface area contributed by atoms with Crippen molar-refractivity contribution in [2.75, 3.05) is 19.1 Å². The first-order valence-corrected chi connectivity index (χ1v) is 5.69. The van der Waals surface area contributed by atoms with Crippen molar-refractivity contribution < 1.29 is 14.4 Å². The van der Waals surface area contributed by atoms with Gasteiger partial charge < -0.3 is 14.9 Å². The van der Waals surface area contributed by atoms with Crippen LogP contribution in [0.3, 0.4) is 0 Å². The van der Waals surface area contributed by atoms with E-state index in [2.05, 4.69) is 10.4 Å². The number of hydrogen-bond acceptors (Lipinski definition) is 7. The van der Waals surface area contributed by atoms with E-state index in [4.69, 9.17) is 15.3 Å². The van der Waals surface area contributed by atoms with E-state index >= 15 is 0 Å². The van der Waals surface area contributed by atoms with Crippen molar-refractivity contribution >= 4 is 11.5 Å². The molecule has 1 aromatic heterocycles. The molecule has 0 saturated heterocycles. The molecule has 0 saturated carbocycles. The average molecular weight is 270 g/mol. The molecule has 0 atom stereocenters. The number of nitrogens with one attached hydrogen (secondary N) is 1. The minimum Gasteiger partial charge on any atom is -0.477 e. The van der Waals surface area contributed by atoms with Crippen molar-refractivity contribution in [2.45, 2.75) is 25.9 Å². The number of aromatic nitrogens is 1. The predicted molar refractivity (Wildman–Crippen MR) is 69.9 cm³/mol. The number of ether oxygens (including phenoxy) is 2. The normalized spacial score (nSPS) is 11.2. The SMILES string of the molecule is COC(C)(C)CCOc1cc([N+](=O)[O-])cc(NN)n1. The molecule has 0 aliphatic rings. The highest BCUT2D eigenvalue weighted by molar-refractivity contribution is 5.47. The maximum absolute atomic E-state index is 10.7. The molecule has 0 aliphatic heterocycles. The zero-order valence-electron chi connectivity index (χ0n) is 11.2. The molecule has 3 N–H and O–H groups in total. The van der Waals surface area contributed by atoms with Gasteiger partial charge in [-0.2, -0.15) is 4.98 Å². The van der Waals surface area contributed by atoms with Gasteiger partial charge in [-0.15, -0.1) is 0 Å². The lowest BCUT2D eigenvalue weighted by Gasteiger charge is -2.22. The third kappa shape index (κ3) is 4.68. The smallest absolute Gasteiger partial charge is 0.278 e. The van der Waals surface area contributed by atoms with Gasteiger partial charge in [0.15, 0.2) is 5.82 Å². The van der Waals surface area contributed by atoms with Crippen LogP contribution in [-0.2, 0) is 4.74 Å². The van der Waals surface area contributed by atoms with Crippen molar-refractivity contribution in [3.8, 4) is 5.88 Å². The van der Waals surface area contributed by atoms with Gasteiger partial charge >= 0.3 is 0 Å². The Hall–Kier alpha value is -1.93. The molecule has 1 aromatic rings. The molecule has 106 valence electrons. The molecule has 0 aliphatic carbocycles. The Morgan fingerprint density at radius 1 is 1.53 bits per heavy atom. The molecule has 19 heavy (non-hydrogen) atoms. The number of hydrogen-bond donors (Lipinski definition) is 2. The summed E-state index contributed by atoms with van der Waals surface area (Å²) < 4.78 is 10.6. The van der Waals surface area contributed by atoms with Crippen LogP contribution in [0.5, 0.6) is 5.88 Å². The minimum atomic E-state index is -0.533. The zero-order chi connectivity index (χ0) is 14.5. The monoisotopic (exact) mass is 270 g/mol. The summed E-state index contributed by atoms with van der Waals surface area (Å²) in [6, 6.07) is 2.48. The molecule has 0 unspecified atom stereocenters. The Morgan fingerprint density at radius 3 is 2.74 bits per heavy atom. The van der Waals surface area contributed by atoms with Gasteiger partial charge in [-0.1, -0.05) is 0 Å². The van der Waals surface area contributed by atoms with Crippen molar-refractivity contribution in [1.82, 2.24) is 4.98 Å². The van der Waals surface area contributed by atoms with Crippen LogP contribution in [0, 0.1) is 10.1 Å². The third-order valence-corrected chi connectivity index (χ3v) is 2.65. The van der Waals surface area contributed by atoms with Gasteiger partial charge in [0.25, 0.3) is 5.69 Å². The van der Waals surface area contributed by atoms with Crippen LogP contribution in [0.2, 0.25) is 0 Å². The number of nitrogens with two attached hydrogens (primary N) is 1. The summed E-state index contributed by atoms with van der Waals surface area (Å²) in [6.45, 7) is 4.17. The van der Waals surface area contributed by atoms with Crippen molar-refractivity contribution in [1.29, 1.82) is 0 Å². The fourth-order valence-electron chi connectivity index (χ4n) is 1.25. The van der Waals surface area contributed by atoms with E-state index in [0.29, 0.717) is 13.0 Å². The Kier molecular flexibility index (Phi) is 5.02. The molecule has 0 amide bonds. The number of nitro groups is 1. The number of hydrazine groups is 1. The van der Waals surface area contributed by atoms with Crippen LogP contribution in [0.25, 0.3) is 0 Å². The first-order valence-electron chi connectivity index (χ1n) is 5.69. The van der Waals surface area contributed by atoms with Crippen molar-refractivity contribution in [3.63, 3.8) is 0 Å². The molecule has 0 bridgehead atoms. The average Bonchev–Trinajstić information content (AvgIpc) is 2.38. The summed E-state index contributed by atoms with van der Waals surface area (Å²) in [5.74, 6) is 5.52. The van der Waals surface area contributed by atoms with Crippen molar-refractivity contribution in [2.24, 2.45) is 5.84 Å². The van der Waals surface area contributed by atoms with Gasteiger partial charge in [0.1, 0.15) is 0 Å². The van der Waals surface area contributed by atoms with Gasteiger partial charge in [-0.3, -0.25) is 10.1 Å². The molecule has 1 heterocycles. The molecule has 0 aromatic carbocycles. The minimum absolute atomic E-state index is 0.135. The van der Waals surface area contributed by atoms with Gasteiger partial charge in [-0.25, -0.2) is 5.84 Å². The van der Waals surface area contributed by atoms with Crippen LogP contribution in [0.15, 0.2) is 12.1 Å². The first kappa shape index (κ1) is 15.1. The quantitative estimate of drug-likeness (QED) is 0.438. The second kappa shape index (κ2) is 6.30. The highest BCUT2D eigenvalue weighted by atomic mass is 16.6. The molecule has 1 rings (SSSR count). The van der Waals surface area contributed by atoms with E-state index < -0.39 is 4.92 Å². The van der Waals surface area contributed by atoms with Crippen LogP contribution in [0.4, 0.5) is 11.5 Å². The lowest BCUT2D eigenvalue weighted by Crippen LogP contribution is -2.25. The summed E-state index contributed by atoms with van der Waals surface area (Å²) >= 11 is 0. The topological polar surface area (TPSA) is 113 Å². The summed E-state index contributed by atoms with van der Waals surface area (Å²) in [5.41, 5.74) is 1.80. The van der Waals surface area contributed by atoms with Gasteiger partial charge in [0.05, 0.1) is 29.3 Å². The van der Waals surface area contributed by atoms with Crippen molar-refractivity contribution in [3.05, 3.63) is 22.2 Å². The van der Waals surface area contributed by atoms with Crippen LogP contribution >= 0.6 is 0 Å². The second-order valence-electron chi connectivity index (χ2n) is 4.51. The summed E-state index contributed by atoms with van der Waals surface area (Å²) in [7, 11) is 1.61. The summed E-state index contributed by atoms with van der Waals surface area (Å²) in [4.78, 5) is 14.2. The van der Waals surface area contributed by atoms with E-state index in [9.17, 15) is 10.1 Å². The molecule has 0 spiro atoms. The highest BCUT2D eigenvalue weighted by Gasteiger charge is 2.17. The number of rotatable bonds is 7. The number of nitrogen functional groups attached to an aromatic ring is 1. The van der Waals surface area contributed by atoms with Crippen LogP contribution in [-0.4, -0.2) is 29.2 Å². The lowest BCUT2D eigenvalue weighted by molar-refractivity contribution is -0.384. The molecular weight excluding hydrogens is 252 g/mol. The first-order chi connectivity index (χ1) is 8.88. The Morgan fingerprint density at radius 2 is 2.21 bits per heavy atom. The van der Waals surface area contributed by atoms with E-state index in [-0.39, 0.29) is 23.0 Å². The standard InChI is InChI=1S/C11H18N4O4/c1-11(2,18-3)4-5-19-10-7-8(15(16)17)6-9(13-10)14-12/h6-7H,4-5,12H2,1-3H3,(H,13,14). The second-order valence-corrected chi connectivity index (χ2v) is 4.51. The number of methoxy groups -OCH3 is 1. The van der Waals surface area contributed by atoms with E-state index in [1.807, 2.05) is 13.8 Å². The summed E-state index contributed by atoms with van der Waals surface area (Å²) in [6.07, 6.45) is 0.624. The largest absolute Gasteiger partial charge is 0.477 e. The molecule has 8 heteroatoms. The van der Waals surface area contributed by atoms with Gasteiger partial charge in [-0.05, 0) is 13.8 Å². The Bertz CT molecular complexity index is 450. The summed E-state index contributed by atoms with van der Waals surface area (Å²) in [5, 5.41) is 10.7. The Labute approximate surface area is 111 Å². The van der Waals surface area contributed by atoms with Crippen LogP contribution in [0.1, 0.15) is 20.3 Å². The molecular formula is C11H18N4O4. The maximum Gasteiger partial charge on any atom is 0.278 e. The number of anilines is 1. The molecule has 0 radical (unpaired) electrons. The fourth-order valence-corrected chi connectivity index (χ4v) is 1.25. The van der Waals surface area contributed by atoms with E-state index in [0.717, 1.165) is 0 Å². The lowest BCUT2D eigenvalue weighted by atomic mass is 10.1. The molecule has 0 fully saturated rings. The third-order valence-electron chi connectivity index (χ3n) is 2.65. The van der Waals surface area contributed by atoms with E-state index in [1.54, 1.807) is 7.11 Å². The maximum atomic E-state index is 10.7.